The minimum absolute atomic E-state index is 0.116. The molecule has 0 saturated carbocycles. The van der Waals surface area contributed by atoms with E-state index in [1.807, 2.05) is 6.07 Å². The molecule has 1 heterocycles. The maximum Gasteiger partial charge on any atom is 0.131 e. The summed E-state index contributed by atoms with van der Waals surface area (Å²) < 4.78 is 15.5. The third-order valence-corrected chi connectivity index (χ3v) is 3.32. The van der Waals surface area contributed by atoms with Gasteiger partial charge < -0.3 is 10.3 Å². The molecule has 2 rings (SSSR count). The normalized spacial score (nSPS) is 12.1. The Labute approximate surface area is 126 Å². The highest BCUT2D eigenvalue weighted by Gasteiger charge is 2.25. The number of nitrogens with zero attached hydrogens (tertiary/aromatic N) is 2. The van der Waals surface area contributed by atoms with Crippen LogP contribution >= 0.6 is 0 Å². The molecule has 1 aromatic heterocycles. The van der Waals surface area contributed by atoms with Gasteiger partial charge in [0.25, 0.3) is 0 Å². The fourth-order valence-electron chi connectivity index (χ4n) is 2.44. The van der Waals surface area contributed by atoms with Gasteiger partial charge in [-0.25, -0.2) is 9.37 Å². The number of hydrogen-bond donors (Lipinski definition) is 1. The fourth-order valence-corrected chi connectivity index (χ4v) is 2.44. The maximum absolute atomic E-state index is 13.5. The van der Waals surface area contributed by atoms with E-state index in [2.05, 4.69) is 39.2 Å². The van der Waals surface area contributed by atoms with E-state index in [1.165, 1.54) is 12.1 Å². The van der Waals surface area contributed by atoms with Gasteiger partial charge in [-0.05, 0) is 18.1 Å². The van der Waals surface area contributed by atoms with Crippen LogP contribution in [0.3, 0.4) is 0 Å². The molecule has 3 nitrogen and oxygen atoms in total. The summed E-state index contributed by atoms with van der Waals surface area (Å²) >= 11 is 0. The predicted octanol–water partition coefficient (Wildman–Crippen LogP) is 4.22. The third kappa shape index (κ3) is 3.26. The number of imidazole rings is 1. The van der Waals surface area contributed by atoms with E-state index >= 15 is 0 Å². The summed E-state index contributed by atoms with van der Waals surface area (Å²) in [5.41, 5.74) is 7.58. The van der Waals surface area contributed by atoms with Crippen molar-refractivity contribution < 1.29 is 4.39 Å². The Bertz CT molecular complexity index is 636. The van der Waals surface area contributed by atoms with Gasteiger partial charge in [0.05, 0.1) is 0 Å². The first kappa shape index (κ1) is 15.5. The van der Waals surface area contributed by atoms with Gasteiger partial charge in [0.15, 0.2) is 0 Å². The summed E-state index contributed by atoms with van der Waals surface area (Å²) in [5, 5.41) is 0. The number of benzene rings is 1. The van der Waals surface area contributed by atoms with E-state index in [-0.39, 0.29) is 11.2 Å². The maximum atomic E-state index is 13.5. The SMILES string of the molecule is CC(C)Cn1c(C(C)(C)C)nc(-c2cccc(F)c2)c1N. The lowest BCUT2D eigenvalue weighted by Gasteiger charge is -2.21. The largest absolute Gasteiger partial charge is 0.383 e. The predicted molar refractivity (Wildman–Crippen MR) is 85.6 cm³/mol. The van der Waals surface area contributed by atoms with Crippen LogP contribution in [-0.2, 0) is 12.0 Å². The molecule has 114 valence electrons. The zero-order valence-corrected chi connectivity index (χ0v) is 13.4. The number of anilines is 1. The van der Waals surface area contributed by atoms with Crippen LogP contribution in [0.25, 0.3) is 11.3 Å². The standard InChI is InChI=1S/C17H24FN3/c1-11(2)10-21-15(19)14(20-16(21)17(3,4)5)12-7-6-8-13(18)9-12/h6-9,11H,10,19H2,1-5H3. The number of aromatic nitrogens is 2. The van der Waals surface area contributed by atoms with Gasteiger partial charge in [-0.1, -0.05) is 46.8 Å². The van der Waals surface area contributed by atoms with E-state index in [1.54, 1.807) is 6.07 Å². The van der Waals surface area contributed by atoms with E-state index in [0.29, 0.717) is 17.4 Å². The average Bonchev–Trinajstić information content (AvgIpc) is 2.66. The van der Waals surface area contributed by atoms with Gasteiger partial charge in [-0.15, -0.1) is 0 Å². The molecule has 0 amide bonds. The Kier molecular flexibility index (Phi) is 4.08. The topological polar surface area (TPSA) is 43.8 Å². The third-order valence-electron chi connectivity index (χ3n) is 3.32. The fraction of sp³-hybridized carbons (Fsp3) is 0.471. The zero-order chi connectivity index (χ0) is 15.8. The van der Waals surface area contributed by atoms with E-state index in [4.69, 9.17) is 10.7 Å². The lowest BCUT2D eigenvalue weighted by Crippen LogP contribution is -2.21. The molecule has 0 aliphatic rings. The number of halogens is 1. The lowest BCUT2D eigenvalue weighted by atomic mass is 9.95. The van der Waals surface area contributed by atoms with Crippen LogP contribution in [0.15, 0.2) is 24.3 Å². The molecule has 0 spiro atoms. The zero-order valence-electron chi connectivity index (χ0n) is 13.4. The molecule has 2 aromatic rings. The van der Waals surface area contributed by atoms with Crippen LogP contribution in [0.5, 0.6) is 0 Å². The highest BCUT2D eigenvalue weighted by atomic mass is 19.1. The van der Waals surface area contributed by atoms with Crippen molar-refractivity contribution in [1.82, 2.24) is 9.55 Å². The van der Waals surface area contributed by atoms with E-state index in [9.17, 15) is 4.39 Å². The highest BCUT2D eigenvalue weighted by Crippen LogP contribution is 2.32. The lowest BCUT2D eigenvalue weighted by molar-refractivity contribution is 0.455. The van der Waals surface area contributed by atoms with Crippen LogP contribution in [-0.4, -0.2) is 9.55 Å². The number of nitrogens with two attached hydrogens (primary N) is 1. The van der Waals surface area contributed by atoms with Gasteiger partial charge in [-0.2, -0.15) is 0 Å². The van der Waals surface area contributed by atoms with Crippen molar-refractivity contribution in [2.75, 3.05) is 5.73 Å². The molecular formula is C17H24FN3. The molecule has 0 bridgehead atoms. The van der Waals surface area contributed by atoms with Crippen molar-refractivity contribution in [2.24, 2.45) is 5.92 Å². The molecule has 4 heteroatoms. The first-order chi connectivity index (χ1) is 9.70. The van der Waals surface area contributed by atoms with E-state index in [0.717, 1.165) is 17.9 Å². The summed E-state index contributed by atoms with van der Waals surface area (Å²) in [6.45, 7) is 11.4. The Morgan fingerprint density at radius 1 is 1.29 bits per heavy atom. The molecule has 0 unspecified atom stereocenters. The van der Waals surface area contributed by atoms with Gasteiger partial charge >= 0.3 is 0 Å². The molecule has 0 saturated heterocycles. The number of nitrogen functional groups attached to an aromatic ring is 1. The van der Waals surface area contributed by atoms with Crippen molar-refractivity contribution in [1.29, 1.82) is 0 Å². The highest BCUT2D eigenvalue weighted by molar-refractivity contribution is 5.71. The Hall–Kier alpha value is -1.84. The molecule has 0 fully saturated rings. The minimum atomic E-state index is -0.275. The summed E-state index contributed by atoms with van der Waals surface area (Å²) in [5.74, 6) is 1.73. The van der Waals surface area contributed by atoms with Crippen LogP contribution in [0.4, 0.5) is 10.2 Å². The average molecular weight is 289 g/mol. The van der Waals surface area contributed by atoms with Crippen LogP contribution in [0.1, 0.15) is 40.4 Å². The monoisotopic (exact) mass is 289 g/mol. The van der Waals surface area contributed by atoms with Gasteiger partial charge in [0.1, 0.15) is 23.2 Å². The van der Waals surface area contributed by atoms with Gasteiger partial charge in [0.2, 0.25) is 0 Å². The molecule has 0 radical (unpaired) electrons. The van der Waals surface area contributed by atoms with E-state index < -0.39 is 0 Å². The first-order valence-electron chi connectivity index (χ1n) is 7.32. The Morgan fingerprint density at radius 2 is 1.95 bits per heavy atom. The molecule has 0 atom stereocenters. The van der Waals surface area contributed by atoms with Gasteiger partial charge in [0, 0.05) is 17.5 Å². The van der Waals surface area contributed by atoms with Crippen molar-refractivity contribution in [2.45, 2.75) is 46.6 Å². The quantitative estimate of drug-likeness (QED) is 0.919. The van der Waals surface area contributed by atoms with Crippen LogP contribution in [0, 0.1) is 11.7 Å². The smallest absolute Gasteiger partial charge is 0.131 e. The second-order valence-electron chi connectivity index (χ2n) is 6.93. The van der Waals surface area contributed by atoms with Gasteiger partial charge in [-0.3, -0.25) is 0 Å². The summed E-state index contributed by atoms with van der Waals surface area (Å²) in [6, 6.07) is 6.43. The van der Waals surface area contributed by atoms with Crippen molar-refractivity contribution in [3.63, 3.8) is 0 Å². The molecule has 0 aliphatic heterocycles. The second-order valence-corrected chi connectivity index (χ2v) is 6.93. The molecule has 1 aromatic carbocycles. The molecular weight excluding hydrogens is 265 g/mol. The number of rotatable bonds is 3. The molecule has 0 aliphatic carbocycles. The summed E-state index contributed by atoms with van der Waals surface area (Å²) in [6.07, 6.45) is 0. The minimum Gasteiger partial charge on any atom is -0.383 e. The molecule has 2 N–H and O–H groups in total. The summed E-state index contributed by atoms with van der Waals surface area (Å²) in [7, 11) is 0. The number of hydrogen-bond acceptors (Lipinski definition) is 2. The Balaban J connectivity index is 2.61. The van der Waals surface area contributed by atoms with Crippen molar-refractivity contribution in [3.05, 3.63) is 35.9 Å². The molecule has 21 heavy (non-hydrogen) atoms. The van der Waals surface area contributed by atoms with Crippen LogP contribution in [0.2, 0.25) is 0 Å². The summed E-state index contributed by atoms with van der Waals surface area (Å²) in [4.78, 5) is 4.72. The van der Waals surface area contributed by atoms with Crippen molar-refractivity contribution in [3.8, 4) is 11.3 Å². The Morgan fingerprint density at radius 3 is 2.48 bits per heavy atom. The van der Waals surface area contributed by atoms with Crippen molar-refractivity contribution >= 4 is 5.82 Å². The van der Waals surface area contributed by atoms with Crippen LogP contribution < -0.4 is 5.73 Å². The second kappa shape index (κ2) is 5.51. The first-order valence-corrected chi connectivity index (χ1v) is 7.32.